The number of hydrogen-bond donors (Lipinski definition) is 2. The van der Waals surface area contributed by atoms with E-state index in [4.69, 9.17) is 4.42 Å². The van der Waals surface area contributed by atoms with E-state index in [0.717, 1.165) is 22.3 Å². The van der Waals surface area contributed by atoms with E-state index >= 15 is 0 Å². The second kappa shape index (κ2) is 5.89. The maximum Gasteiger partial charge on any atom is 0.224 e. The maximum absolute atomic E-state index is 11.8. The van der Waals surface area contributed by atoms with Crippen LogP contribution in [0.3, 0.4) is 0 Å². The number of nitrogens with one attached hydrogen (secondary N) is 2. The molecule has 0 aliphatic carbocycles. The van der Waals surface area contributed by atoms with Crippen LogP contribution in [0.15, 0.2) is 28.7 Å². The first-order valence-corrected chi connectivity index (χ1v) is 6.52. The van der Waals surface area contributed by atoms with Crippen molar-refractivity contribution in [1.29, 1.82) is 0 Å². The molecule has 4 nitrogen and oxygen atoms in total. The molecule has 0 saturated carbocycles. The van der Waals surface area contributed by atoms with Crippen LogP contribution in [0.5, 0.6) is 0 Å². The number of amides is 1. The van der Waals surface area contributed by atoms with Gasteiger partial charge >= 0.3 is 0 Å². The van der Waals surface area contributed by atoms with E-state index in [1.165, 1.54) is 0 Å². The molecule has 19 heavy (non-hydrogen) atoms. The lowest BCUT2D eigenvalue weighted by molar-refractivity contribution is -0.124. The third kappa shape index (κ3) is 2.96. The van der Waals surface area contributed by atoms with Gasteiger partial charge in [0.15, 0.2) is 0 Å². The summed E-state index contributed by atoms with van der Waals surface area (Å²) in [4.78, 5) is 11.8. The Kier molecular flexibility index (Phi) is 4.22. The van der Waals surface area contributed by atoms with Crippen molar-refractivity contribution in [1.82, 2.24) is 10.6 Å². The van der Waals surface area contributed by atoms with Crippen LogP contribution in [0.1, 0.15) is 18.2 Å². The van der Waals surface area contributed by atoms with Crippen molar-refractivity contribution in [2.75, 3.05) is 13.6 Å². The van der Waals surface area contributed by atoms with Crippen LogP contribution in [0, 0.1) is 12.8 Å². The average Bonchev–Trinajstić information content (AvgIpc) is 2.73. The fourth-order valence-corrected chi connectivity index (χ4v) is 2.13. The van der Waals surface area contributed by atoms with E-state index in [0.29, 0.717) is 13.1 Å². The lowest BCUT2D eigenvalue weighted by Gasteiger charge is -2.10. The quantitative estimate of drug-likeness (QED) is 0.866. The van der Waals surface area contributed by atoms with E-state index in [1.54, 1.807) is 0 Å². The van der Waals surface area contributed by atoms with E-state index in [-0.39, 0.29) is 11.8 Å². The number of rotatable bonds is 5. The van der Waals surface area contributed by atoms with E-state index in [9.17, 15) is 4.79 Å². The van der Waals surface area contributed by atoms with Gasteiger partial charge in [0.1, 0.15) is 11.3 Å². The summed E-state index contributed by atoms with van der Waals surface area (Å²) in [5, 5.41) is 7.01. The minimum Gasteiger partial charge on any atom is -0.459 e. The Morgan fingerprint density at radius 2 is 2.11 bits per heavy atom. The summed E-state index contributed by atoms with van der Waals surface area (Å²) in [7, 11) is 1.84. The molecule has 0 aliphatic heterocycles. The fraction of sp³-hybridized carbons (Fsp3) is 0.400. The predicted octanol–water partition coefficient (Wildman–Crippen LogP) is 2.21. The van der Waals surface area contributed by atoms with Gasteiger partial charge in [-0.1, -0.05) is 25.1 Å². The van der Waals surface area contributed by atoms with Gasteiger partial charge in [-0.15, -0.1) is 0 Å². The summed E-state index contributed by atoms with van der Waals surface area (Å²) < 4.78 is 5.76. The Hall–Kier alpha value is -1.81. The smallest absolute Gasteiger partial charge is 0.224 e. The zero-order valence-corrected chi connectivity index (χ0v) is 11.6. The molecule has 0 bridgehead atoms. The molecule has 2 N–H and O–H groups in total. The molecule has 0 aliphatic rings. The van der Waals surface area contributed by atoms with E-state index in [2.05, 4.69) is 10.6 Å². The molecule has 4 heteroatoms. The summed E-state index contributed by atoms with van der Waals surface area (Å²) in [5.41, 5.74) is 1.96. The predicted molar refractivity (Wildman–Crippen MR) is 75.9 cm³/mol. The molecule has 0 radical (unpaired) electrons. The van der Waals surface area contributed by atoms with Gasteiger partial charge in [-0.3, -0.25) is 4.79 Å². The summed E-state index contributed by atoms with van der Waals surface area (Å²) in [5.74, 6) is 0.815. The fourth-order valence-electron chi connectivity index (χ4n) is 2.13. The highest BCUT2D eigenvalue weighted by atomic mass is 16.3. The Balaban J connectivity index is 2.06. The SMILES string of the molecule is CNCC(C)C(=O)NCc1oc2ccccc2c1C. The van der Waals surface area contributed by atoms with Crippen LogP contribution < -0.4 is 10.6 Å². The average molecular weight is 260 g/mol. The third-order valence-corrected chi connectivity index (χ3v) is 3.32. The molecule has 1 aromatic carbocycles. The second-order valence-electron chi connectivity index (χ2n) is 4.82. The third-order valence-electron chi connectivity index (χ3n) is 3.32. The maximum atomic E-state index is 11.8. The monoisotopic (exact) mass is 260 g/mol. The van der Waals surface area contributed by atoms with Crippen LogP contribution in [-0.4, -0.2) is 19.5 Å². The van der Waals surface area contributed by atoms with Crippen LogP contribution in [0.25, 0.3) is 11.0 Å². The number of fused-ring (bicyclic) bond motifs is 1. The Morgan fingerprint density at radius 1 is 1.37 bits per heavy atom. The molecule has 1 atom stereocenters. The molecule has 1 heterocycles. The minimum atomic E-state index is -0.0466. The zero-order chi connectivity index (χ0) is 13.8. The van der Waals surface area contributed by atoms with Crippen LogP contribution in [0.2, 0.25) is 0 Å². The van der Waals surface area contributed by atoms with Crippen molar-refractivity contribution < 1.29 is 9.21 Å². The second-order valence-corrected chi connectivity index (χ2v) is 4.82. The number of carbonyl (C=O) groups excluding carboxylic acids is 1. The van der Waals surface area contributed by atoms with Gasteiger partial charge in [-0.2, -0.15) is 0 Å². The number of hydrogen-bond acceptors (Lipinski definition) is 3. The highest BCUT2D eigenvalue weighted by molar-refractivity contribution is 5.82. The lowest BCUT2D eigenvalue weighted by Crippen LogP contribution is -2.33. The zero-order valence-electron chi connectivity index (χ0n) is 11.6. The topological polar surface area (TPSA) is 54.3 Å². The highest BCUT2D eigenvalue weighted by Crippen LogP contribution is 2.24. The van der Waals surface area contributed by atoms with Gasteiger partial charge in [-0.05, 0) is 20.0 Å². The number of benzene rings is 1. The molecule has 1 aromatic heterocycles. The molecule has 1 unspecified atom stereocenters. The van der Waals surface area contributed by atoms with Gasteiger partial charge in [0.2, 0.25) is 5.91 Å². The summed E-state index contributed by atoms with van der Waals surface area (Å²) >= 11 is 0. The molecule has 2 rings (SSSR count). The first-order valence-electron chi connectivity index (χ1n) is 6.52. The van der Waals surface area contributed by atoms with Crippen molar-refractivity contribution in [2.24, 2.45) is 5.92 Å². The van der Waals surface area contributed by atoms with Crippen molar-refractivity contribution >= 4 is 16.9 Å². The van der Waals surface area contributed by atoms with Gasteiger partial charge < -0.3 is 15.1 Å². The number of carbonyl (C=O) groups is 1. The Morgan fingerprint density at radius 3 is 2.79 bits per heavy atom. The van der Waals surface area contributed by atoms with Crippen molar-refractivity contribution in [3.8, 4) is 0 Å². The normalized spacial score (nSPS) is 12.6. The molecule has 102 valence electrons. The van der Waals surface area contributed by atoms with Crippen molar-refractivity contribution in [3.05, 3.63) is 35.6 Å². The summed E-state index contributed by atoms with van der Waals surface area (Å²) in [6.45, 7) is 5.03. The number of furan rings is 1. The van der Waals surface area contributed by atoms with Gasteiger partial charge in [0.25, 0.3) is 0 Å². The molecular weight excluding hydrogens is 240 g/mol. The largest absolute Gasteiger partial charge is 0.459 e. The van der Waals surface area contributed by atoms with Crippen LogP contribution in [0.4, 0.5) is 0 Å². The van der Waals surface area contributed by atoms with Gasteiger partial charge in [-0.25, -0.2) is 0 Å². The molecule has 0 fully saturated rings. The molecule has 0 spiro atoms. The van der Waals surface area contributed by atoms with Crippen LogP contribution >= 0.6 is 0 Å². The first-order chi connectivity index (χ1) is 9.13. The number of aryl methyl sites for hydroxylation is 1. The first kappa shape index (κ1) is 13.6. The van der Waals surface area contributed by atoms with Gasteiger partial charge in [0, 0.05) is 23.4 Å². The molecule has 0 saturated heterocycles. The minimum absolute atomic E-state index is 0.0363. The lowest BCUT2D eigenvalue weighted by atomic mass is 10.1. The Labute approximate surface area is 113 Å². The summed E-state index contributed by atoms with van der Waals surface area (Å²) in [6, 6.07) is 7.91. The standard InChI is InChI=1S/C15H20N2O2/c1-10(8-16-3)15(18)17-9-14-11(2)12-6-4-5-7-13(12)19-14/h4-7,10,16H,8-9H2,1-3H3,(H,17,18). The highest BCUT2D eigenvalue weighted by Gasteiger charge is 2.14. The number of para-hydroxylation sites is 1. The molecule has 1 amide bonds. The van der Waals surface area contributed by atoms with E-state index in [1.807, 2.05) is 45.2 Å². The Bertz CT molecular complexity index is 575. The molecule has 2 aromatic rings. The van der Waals surface area contributed by atoms with Crippen molar-refractivity contribution in [3.63, 3.8) is 0 Å². The van der Waals surface area contributed by atoms with E-state index < -0.39 is 0 Å². The van der Waals surface area contributed by atoms with Gasteiger partial charge in [0.05, 0.1) is 6.54 Å². The van der Waals surface area contributed by atoms with Crippen molar-refractivity contribution in [2.45, 2.75) is 20.4 Å². The molecular formula is C15H20N2O2. The summed E-state index contributed by atoms with van der Waals surface area (Å²) in [6.07, 6.45) is 0. The van der Waals surface area contributed by atoms with Crippen LogP contribution in [-0.2, 0) is 11.3 Å².